The number of carbonyl (C=O) groups excluding carboxylic acids is 1. The number of rotatable bonds is 5. The molecule has 1 N–H and O–H groups in total. The zero-order valence-electron chi connectivity index (χ0n) is 15.7. The van der Waals surface area contributed by atoms with Crippen LogP contribution in [-0.2, 0) is 4.79 Å². The van der Waals surface area contributed by atoms with Crippen LogP contribution in [0.4, 0.5) is 11.4 Å². The normalized spacial score (nSPS) is 14.0. The maximum Gasteiger partial charge on any atom is 0.266 e. The average Bonchev–Trinajstić information content (AvgIpc) is 3.22. The number of amides is 1. The lowest BCUT2D eigenvalue weighted by atomic mass is 10.0. The molecule has 0 unspecified atom stereocenters. The van der Waals surface area contributed by atoms with Gasteiger partial charge in [-0.2, -0.15) is 5.26 Å². The molecule has 0 spiro atoms. The van der Waals surface area contributed by atoms with Crippen molar-refractivity contribution in [3.63, 3.8) is 0 Å². The molecule has 0 saturated carbocycles. The van der Waals surface area contributed by atoms with Crippen molar-refractivity contribution < 1.29 is 9.53 Å². The van der Waals surface area contributed by atoms with E-state index in [0.717, 1.165) is 24.2 Å². The fourth-order valence-corrected chi connectivity index (χ4v) is 3.24. The first-order valence-electron chi connectivity index (χ1n) is 9.04. The van der Waals surface area contributed by atoms with Gasteiger partial charge in [-0.3, -0.25) is 4.79 Å². The number of ether oxygens (including phenoxy) is 1. The highest BCUT2D eigenvalue weighted by Gasteiger charge is 2.15. The van der Waals surface area contributed by atoms with Crippen LogP contribution >= 0.6 is 0 Å². The van der Waals surface area contributed by atoms with Crippen molar-refractivity contribution in [2.75, 3.05) is 30.4 Å². The van der Waals surface area contributed by atoms with Gasteiger partial charge in [0.25, 0.3) is 5.91 Å². The molecule has 1 aliphatic rings. The Kier molecular flexibility index (Phi) is 5.77. The molecular formula is C22H23N3O2. The van der Waals surface area contributed by atoms with Crippen molar-refractivity contribution in [2.24, 2.45) is 0 Å². The molecule has 0 radical (unpaired) electrons. The number of para-hydroxylation sites is 2. The summed E-state index contributed by atoms with van der Waals surface area (Å²) in [4.78, 5) is 14.9. The molecule has 0 aromatic heterocycles. The van der Waals surface area contributed by atoms with Gasteiger partial charge in [0, 0.05) is 18.8 Å². The molecule has 1 heterocycles. The van der Waals surface area contributed by atoms with Crippen LogP contribution in [0, 0.1) is 18.3 Å². The Labute approximate surface area is 159 Å². The Bertz CT molecular complexity index is 906. The molecule has 0 aliphatic carbocycles. The molecule has 0 bridgehead atoms. The second-order valence-corrected chi connectivity index (χ2v) is 6.56. The van der Waals surface area contributed by atoms with E-state index < -0.39 is 5.91 Å². The minimum atomic E-state index is -0.454. The first kappa shape index (κ1) is 18.5. The maximum atomic E-state index is 12.5. The van der Waals surface area contributed by atoms with E-state index in [0.29, 0.717) is 11.4 Å². The highest BCUT2D eigenvalue weighted by molar-refractivity contribution is 6.10. The van der Waals surface area contributed by atoms with Crippen LogP contribution in [-0.4, -0.2) is 26.1 Å². The van der Waals surface area contributed by atoms with Gasteiger partial charge in [-0.05, 0) is 61.2 Å². The summed E-state index contributed by atoms with van der Waals surface area (Å²) in [6.45, 7) is 4.16. The predicted molar refractivity (Wildman–Crippen MR) is 108 cm³/mol. The lowest BCUT2D eigenvalue weighted by molar-refractivity contribution is -0.112. The van der Waals surface area contributed by atoms with E-state index in [1.165, 1.54) is 25.6 Å². The van der Waals surface area contributed by atoms with E-state index >= 15 is 0 Å². The lowest BCUT2D eigenvalue weighted by Gasteiger charge is -2.18. The molecule has 5 nitrogen and oxygen atoms in total. The van der Waals surface area contributed by atoms with Crippen LogP contribution in [0.5, 0.6) is 5.75 Å². The largest absolute Gasteiger partial charge is 0.495 e. The number of anilines is 2. The topological polar surface area (TPSA) is 65.4 Å². The van der Waals surface area contributed by atoms with Gasteiger partial charge in [0.05, 0.1) is 12.8 Å². The van der Waals surface area contributed by atoms with Gasteiger partial charge >= 0.3 is 0 Å². The molecule has 1 fully saturated rings. The van der Waals surface area contributed by atoms with E-state index in [4.69, 9.17) is 4.74 Å². The standard InChI is InChI=1S/C22H23N3O2/c1-16-13-19(25-11-5-6-12-25)10-9-17(16)14-18(15-23)22(26)24-20-7-3-4-8-21(20)27-2/h3-4,7-10,13-14H,5-6,11-12H2,1-2H3,(H,24,26)/b18-14+. The fourth-order valence-electron chi connectivity index (χ4n) is 3.24. The number of benzene rings is 2. The molecule has 1 aliphatic heterocycles. The molecule has 3 rings (SSSR count). The molecule has 27 heavy (non-hydrogen) atoms. The summed E-state index contributed by atoms with van der Waals surface area (Å²) in [6, 6.07) is 15.3. The van der Waals surface area contributed by atoms with Crippen LogP contribution in [0.25, 0.3) is 6.08 Å². The van der Waals surface area contributed by atoms with E-state index in [1.807, 2.05) is 25.1 Å². The quantitative estimate of drug-likeness (QED) is 0.642. The van der Waals surface area contributed by atoms with Crippen molar-refractivity contribution in [2.45, 2.75) is 19.8 Å². The fraction of sp³-hybridized carbons (Fsp3) is 0.273. The van der Waals surface area contributed by atoms with E-state index in [-0.39, 0.29) is 5.57 Å². The Morgan fingerprint density at radius 3 is 2.63 bits per heavy atom. The number of nitrogens with one attached hydrogen (secondary N) is 1. The van der Waals surface area contributed by atoms with Gasteiger partial charge in [0.2, 0.25) is 0 Å². The highest BCUT2D eigenvalue weighted by Crippen LogP contribution is 2.26. The van der Waals surface area contributed by atoms with Crippen LogP contribution in [0.2, 0.25) is 0 Å². The van der Waals surface area contributed by atoms with Crippen LogP contribution in [0.3, 0.4) is 0 Å². The molecule has 1 amide bonds. The van der Waals surface area contributed by atoms with Gasteiger partial charge in [-0.15, -0.1) is 0 Å². The summed E-state index contributed by atoms with van der Waals surface area (Å²) in [5.41, 5.74) is 3.69. The predicted octanol–water partition coefficient (Wildman–Crippen LogP) is 4.15. The summed E-state index contributed by atoms with van der Waals surface area (Å²) in [7, 11) is 1.54. The average molecular weight is 361 g/mol. The first-order chi connectivity index (χ1) is 13.1. The summed E-state index contributed by atoms with van der Waals surface area (Å²) < 4.78 is 5.24. The van der Waals surface area contributed by atoms with E-state index in [1.54, 1.807) is 24.3 Å². The second-order valence-electron chi connectivity index (χ2n) is 6.56. The number of hydrogen-bond acceptors (Lipinski definition) is 4. The van der Waals surface area contributed by atoms with Crippen molar-refractivity contribution >= 4 is 23.4 Å². The van der Waals surface area contributed by atoms with Gasteiger partial charge < -0.3 is 15.0 Å². The summed E-state index contributed by atoms with van der Waals surface area (Å²) >= 11 is 0. The molecule has 0 atom stereocenters. The summed E-state index contributed by atoms with van der Waals surface area (Å²) in [6.07, 6.45) is 4.08. The van der Waals surface area contributed by atoms with E-state index in [2.05, 4.69) is 22.3 Å². The van der Waals surface area contributed by atoms with Crippen LogP contribution in [0.1, 0.15) is 24.0 Å². The molecule has 1 saturated heterocycles. The smallest absolute Gasteiger partial charge is 0.266 e. The van der Waals surface area contributed by atoms with E-state index in [9.17, 15) is 10.1 Å². The monoisotopic (exact) mass is 361 g/mol. The first-order valence-corrected chi connectivity index (χ1v) is 9.04. The minimum absolute atomic E-state index is 0.0536. The number of aryl methyl sites for hydroxylation is 1. The maximum absolute atomic E-state index is 12.5. The zero-order valence-corrected chi connectivity index (χ0v) is 15.7. The van der Waals surface area contributed by atoms with Crippen molar-refractivity contribution in [3.8, 4) is 11.8 Å². The van der Waals surface area contributed by atoms with Crippen LogP contribution < -0.4 is 15.0 Å². The zero-order chi connectivity index (χ0) is 19.2. The number of nitriles is 1. The molecule has 5 heteroatoms. The third-order valence-electron chi connectivity index (χ3n) is 4.74. The number of hydrogen-bond donors (Lipinski definition) is 1. The number of methoxy groups -OCH3 is 1. The molecule has 138 valence electrons. The van der Waals surface area contributed by atoms with Crippen molar-refractivity contribution in [3.05, 3.63) is 59.2 Å². The summed E-state index contributed by atoms with van der Waals surface area (Å²) in [5, 5.41) is 12.2. The third kappa shape index (κ3) is 4.29. The Balaban J connectivity index is 1.81. The molecular weight excluding hydrogens is 338 g/mol. The van der Waals surface area contributed by atoms with Gasteiger partial charge in [-0.1, -0.05) is 18.2 Å². The third-order valence-corrected chi connectivity index (χ3v) is 4.74. The number of nitrogens with zero attached hydrogens (tertiary/aromatic N) is 2. The number of carbonyl (C=O) groups is 1. The van der Waals surface area contributed by atoms with Crippen molar-refractivity contribution in [1.29, 1.82) is 5.26 Å². The minimum Gasteiger partial charge on any atom is -0.495 e. The lowest BCUT2D eigenvalue weighted by Crippen LogP contribution is -2.17. The Morgan fingerprint density at radius 1 is 1.22 bits per heavy atom. The van der Waals surface area contributed by atoms with Gasteiger partial charge in [0.15, 0.2) is 0 Å². The van der Waals surface area contributed by atoms with Crippen LogP contribution in [0.15, 0.2) is 48.0 Å². The SMILES string of the molecule is COc1ccccc1NC(=O)/C(C#N)=C/c1ccc(N2CCCC2)cc1C. The highest BCUT2D eigenvalue weighted by atomic mass is 16.5. The second kappa shape index (κ2) is 8.41. The molecule has 2 aromatic carbocycles. The van der Waals surface area contributed by atoms with Crippen molar-refractivity contribution in [1.82, 2.24) is 0 Å². The van der Waals surface area contributed by atoms with Gasteiger partial charge in [-0.25, -0.2) is 0 Å². The Morgan fingerprint density at radius 2 is 1.96 bits per heavy atom. The Hall–Kier alpha value is -3.26. The van der Waals surface area contributed by atoms with Gasteiger partial charge in [0.1, 0.15) is 17.4 Å². The molecule has 2 aromatic rings. The summed E-state index contributed by atoms with van der Waals surface area (Å²) in [5.74, 6) is 0.0966.